The van der Waals surface area contributed by atoms with Crippen LogP contribution in [-0.4, -0.2) is 30.8 Å². The van der Waals surface area contributed by atoms with Crippen molar-refractivity contribution in [1.82, 2.24) is 0 Å². The van der Waals surface area contributed by atoms with E-state index in [1.54, 1.807) is 17.8 Å². The van der Waals surface area contributed by atoms with E-state index in [0.717, 1.165) is 72.3 Å². The minimum absolute atomic E-state index is 0.107. The Kier molecular flexibility index (Phi) is 17.1. The van der Waals surface area contributed by atoms with Crippen LogP contribution in [0.2, 0.25) is 0 Å². The average Bonchev–Trinajstić information content (AvgIpc) is 3.30. The first-order valence-electron chi connectivity index (χ1n) is 24.5. The lowest BCUT2D eigenvalue weighted by Gasteiger charge is -2.33. The number of carbonyl (C=O) groups is 2. The van der Waals surface area contributed by atoms with Gasteiger partial charge in [-0.2, -0.15) is 0 Å². The van der Waals surface area contributed by atoms with Gasteiger partial charge < -0.3 is 20.3 Å². The minimum atomic E-state index is -0.464. The van der Waals surface area contributed by atoms with E-state index in [1.807, 2.05) is 24.3 Å². The molecule has 0 radical (unpaired) electrons. The van der Waals surface area contributed by atoms with Crippen molar-refractivity contribution in [3.05, 3.63) is 120 Å². The number of nitrogens with one attached hydrogen (secondary N) is 2. The van der Waals surface area contributed by atoms with Crippen LogP contribution in [0, 0.1) is 5.92 Å². The van der Waals surface area contributed by atoms with Crippen LogP contribution in [0.5, 0.6) is 5.75 Å². The summed E-state index contributed by atoms with van der Waals surface area (Å²) < 4.78 is 6.64. The van der Waals surface area contributed by atoms with Gasteiger partial charge in [-0.05, 0) is 122 Å². The van der Waals surface area contributed by atoms with Crippen LogP contribution < -0.4 is 20.3 Å². The predicted octanol–water partition coefficient (Wildman–Crippen LogP) is 15.1. The molecule has 7 heteroatoms. The summed E-state index contributed by atoms with van der Waals surface area (Å²) in [4.78, 5) is 31.7. The number of nitrogens with zero attached hydrogens (tertiary/aromatic N) is 1. The van der Waals surface area contributed by atoms with Crippen molar-refractivity contribution < 1.29 is 14.3 Å². The van der Waals surface area contributed by atoms with E-state index in [2.05, 4.69) is 104 Å². The number of aryl methyl sites for hydroxylation is 1. The highest BCUT2D eigenvalue weighted by Crippen LogP contribution is 2.47. The number of ketones is 1. The minimum Gasteiger partial charge on any atom is -0.457 e. The summed E-state index contributed by atoms with van der Waals surface area (Å²) in [7, 11) is 0. The van der Waals surface area contributed by atoms with Gasteiger partial charge in [-0.25, -0.2) is 0 Å². The number of benzene rings is 4. The second-order valence-electron chi connectivity index (χ2n) is 18.2. The summed E-state index contributed by atoms with van der Waals surface area (Å²) in [6.45, 7) is 10.9. The molecule has 0 saturated heterocycles. The highest BCUT2D eigenvalue weighted by molar-refractivity contribution is 7.99. The molecule has 1 unspecified atom stereocenters. The second kappa shape index (κ2) is 23.3. The molecule has 1 fully saturated rings. The predicted molar refractivity (Wildman–Crippen MR) is 265 cm³/mol. The maximum atomic E-state index is 13.6. The standard InChI is InChI=1S/C56H71N3O3S/c1-5-9-13-17-41-18-22-42(23-19-41)43-24-26-44(27-25-43)45-28-32-48(33-29-45)63-54-37-47(59(34-14-10-6-2)35-15-11-7-3)36-53-55(54)58-50-38-49(51(60)39-52(50)62-53)56(61)57-46-30-20-40(21-31-46)16-12-8-4/h20-21,24-33,36-39,41-42,50,58H,5-19,22-23,34-35H2,1-4H3,(H,57,61). The molecular formula is C56H71N3O3S. The van der Waals surface area contributed by atoms with E-state index in [4.69, 9.17) is 4.74 Å². The number of ether oxygens (including phenoxy) is 1. The molecule has 2 N–H and O–H groups in total. The maximum Gasteiger partial charge on any atom is 0.259 e. The largest absolute Gasteiger partial charge is 0.457 e. The molecule has 0 spiro atoms. The van der Waals surface area contributed by atoms with Gasteiger partial charge in [0.15, 0.2) is 11.5 Å². The zero-order valence-corrected chi connectivity index (χ0v) is 39.3. The second-order valence-corrected chi connectivity index (χ2v) is 19.3. The van der Waals surface area contributed by atoms with Gasteiger partial charge >= 0.3 is 0 Å². The monoisotopic (exact) mass is 866 g/mol. The number of unbranched alkanes of at least 4 members (excludes halogenated alkanes) is 7. The number of hydrogen-bond donors (Lipinski definition) is 2. The third-order valence-electron chi connectivity index (χ3n) is 13.3. The molecule has 63 heavy (non-hydrogen) atoms. The number of allylic oxidation sites excluding steroid dienone is 1. The molecule has 1 saturated carbocycles. The summed E-state index contributed by atoms with van der Waals surface area (Å²) in [5, 5.41) is 6.65. The third kappa shape index (κ3) is 12.5. The van der Waals surface area contributed by atoms with E-state index < -0.39 is 11.9 Å². The molecule has 1 amide bonds. The maximum absolute atomic E-state index is 13.6. The number of carbonyl (C=O) groups excluding carboxylic acids is 2. The number of amides is 1. The van der Waals surface area contributed by atoms with Gasteiger partial charge in [0.25, 0.3) is 5.91 Å². The summed E-state index contributed by atoms with van der Waals surface area (Å²) in [5.41, 5.74) is 7.97. The Morgan fingerprint density at radius 1 is 0.746 bits per heavy atom. The molecule has 2 aliphatic carbocycles. The fourth-order valence-corrected chi connectivity index (χ4v) is 10.4. The Bertz CT molecular complexity index is 2160. The van der Waals surface area contributed by atoms with Crippen LogP contribution in [0.25, 0.3) is 11.1 Å². The number of rotatable bonds is 22. The van der Waals surface area contributed by atoms with E-state index in [-0.39, 0.29) is 11.4 Å². The van der Waals surface area contributed by atoms with Crippen molar-refractivity contribution in [3.8, 4) is 16.9 Å². The summed E-state index contributed by atoms with van der Waals surface area (Å²) in [6, 6.07) is 30.2. The van der Waals surface area contributed by atoms with Crippen molar-refractivity contribution in [1.29, 1.82) is 0 Å². The van der Waals surface area contributed by atoms with Gasteiger partial charge in [0.05, 0.1) is 11.3 Å². The van der Waals surface area contributed by atoms with Crippen LogP contribution in [0.4, 0.5) is 17.1 Å². The van der Waals surface area contributed by atoms with Crippen LogP contribution in [0.1, 0.15) is 147 Å². The first-order valence-corrected chi connectivity index (χ1v) is 25.3. The number of fused-ring (bicyclic) bond motifs is 2. The smallest absolute Gasteiger partial charge is 0.259 e. The van der Waals surface area contributed by atoms with E-state index >= 15 is 0 Å². The summed E-state index contributed by atoms with van der Waals surface area (Å²) in [5.74, 6) is 2.05. The lowest BCUT2D eigenvalue weighted by Crippen LogP contribution is -2.35. The lowest BCUT2D eigenvalue weighted by molar-refractivity contribution is -0.117. The molecule has 0 aromatic heterocycles. The summed E-state index contributed by atoms with van der Waals surface area (Å²) >= 11 is 1.72. The first-order chi connectivity index (χ1) is 30.8. The molecule has 4 aromatic rings. The van der Waals surface area contributed by atoms with E-state index in [1.165, 1.54) is 105 Å². The molecule has 334 valence electrons. The topological polar surface area (TPSA) is 70.7 Å². The zero-order valence-electron chi connectivity index (χ0n) is 38.5. The highest BCUT2D eigenvalue weighted by Gasteiger charge is 2.33. The average molecular weight is 866 g/mol. The van der Waals surface area contributed by atoms with Crippen LogP contribution in [-0.2, 0) is 16.0 Å². The fraction of sp³-hybridized carbons (Fsp3) is 0.464. The van der Waals surface area contributed by atoms with Gasteiger partial charge in [-0.15, -0.1) is 0 Å². The van der Waals surface area contributed by atoms with Crippen molar-refractivity contribution in [2.24, 2.45) is 5.92 Å². The Morgan fingerprint density at radius 2 is 1.38 bits per heavy atom. The van der Waals surface area contributed by atoms with E-state index in [9.17, 15) is 9.59 Å². The van der Waals surface area contributed by atoms with Crippen molar-refractivity contribution in [2.75, 3.05) is 28.6 Å². The molecule has 1 atom stereocenters. The molecule has 6 nitrogen and oxygen atoms in total. The SMILES string of the molecule is CCCCCC1CCC(c2ccc(-c3ccc(Sc4cc(N(CCCCC)CCCCC)cc5c4NC4C=C(C(=O)Nc6ccc(CCCC)cc6)C(=O)C=C4O5)cc3)cc2)CC1. The van der Waals surface area contributed by atoms with Crippen LogP contribution in [0.3, 0.4) is 0 Å². The van der Waals surface area contributed by atoms with Gasteiger partial charge in [-0.1, -0.05) is 146 Å². The molecule has 1 aliphatic heterocycles. The van der Waals surface area contributed by atoms with E-state index in [0.29, 0.717) is 23.1 Å². The van der Waals surface area contributed by atoms with Crippen LogP contribution in [0.15, 0.2) is 118 Å². The molecular weight excluding hydrogens is 795 g/mol. The number of hydrogen-bond acceptors (Lipinski definition) is 6. The molecule has 3 aliphatic rings. The zero-order chi connectivity index (χ0) is 44.0. The lowest BCUT2D eigenvalue weighted by atomic mass is 9.77. The third-order valence-corrected chi connectivity index (χ3v) is 14.4. The quantitative estimate of drug-likeness (QED) is 0.0606. The molecule has 1 heterocycles. The Hall–Kier alpha value is -4.75. The Balaban J connectivity index is 1.10. The van der Waals surface area contributed by atoms with Crippen molar-refractivity contribution >= 4 is 40.5 Å². The molecule has 0 bridgehead atoms. The first kappa shape index (κ1) is 46.2. The normalized spacial score (nSPS) is 18.0. The van der Waals surface area contributed by atoms with Gasteiger partial charge in [0.1, 0.15) is 11.8 Å². The Morgan fingerprint density at radius 3 is 2.03 bits per heavy atom. The Labute approximate surface area is 382 Å². The summed E-state index contributed by atoms with van der Waals surface area (Å²) in [6.07, 6.45) is 24.3. The van der Waals surface area contributed by atoms with Gasteiger partial charge in [0, 0.05) is 46.4 Å². The number of anilines is 3. The molecule has 4 aromatic carbocycles. The van der Waals surface area contributed by atoms with Crippen LogP contribution >= 0.6 is 11.8 Å². The van der Waals surface area contributed by atoms with Crippen molar-refractivity contribution in [3.63, 3.8) is 0 Å². The van der Waals surface area contributed by atoms with Gasteiger partial charge in [0.2, 0.25) is 0 Å². The highest BCUT2D eigenvalue weighted by atomic mass is 32.2. The van der Waals surface area contributed by atoms with Crippen molar-refractivity contribution in [2.45, 2.75) is 159 Å². The van der Waals surface area contributed by atoms with Gasteiger partial charge in [-0.3, -0.25) is 9.59 Å². The molecule has 7 rings (SSSR count). The fourth-order valence-electron chi connectivity index (χ4n) is 9.43.